The lowest BCUT2D eigenvalue weighted by Gasteiger charge is -2.05. The minimum absolute atomic E-state index is 0.104. The average molecular weight is 308 g/mol. The Morgan fingerprint density at radius 2 is 1.91 bits per heavy atom. The Labute approximate surface area is 134 Å². The van der Waals surface area contributed by atoms with Gasteiger partial charge in [-0.1, -0.05) is 35.9 Å². The fourth-order valence-electron chi connectivity index (χ4n) is 3.06. The third kappa shape index (κ3) is 2.95. The molecule has 0 radical (unpaired) electrons. The number of benzene rings is 2. The van der Waals surface area contributed by atoms with Crippen LogP contribution in [0, 0.1) is 12.7 Å². The van der Waals surface area contributed by atoms with Crippen LogP contribution in [0.25, 0.3) is 17.2 Å². The number of hydrogen-bond donors (Lipinski definition) is 1. The first-order valence-electron chi connectivity index (χ1n) is 7.46. The standard InChI is InChI=1S/C20H17FO2/c1-12-4-3-5-14(8-12)9-17-13(2)18(11-20(22)23)19-10-15(21)6-7-16(17)19/h3-10H,11H2,1-2H3,(H,22,23)/b17-9+. The maximum absolute atomic E-state index is 13.6. The monoisotopic (exact) mass is 308 g/mol. The van der Waals surface area contributed by atoms with Gasteiger partial charge in [0.15, 0.2) is 0 Å². The zero-order valence-corrected chi connectivity index (χ0v) is 13.1. The number of aryl methyl sites for hydroxylation is 1. The van der Waals surface area contributed by atoms with Crippen molar-refractivity contribution in [2.75, 3.05) is 0 Å². The molecule has 0 unspecified atom stereocenters. The van der Waals surface area contributed by atoms with Gasteiger partial charge in [-0.05, 0) is 65.5 Å². The first-order chi connectivity index (χ1) is 11.0. The summed E-state index contributed by atoms with van der Waals surface area (Å²) in [4.78, 5) is 11.2. The second-order valence-electron chi connectivity index (χ2n) is 5.84. The lowest BCUT2D eigenvalue weighted by atomic mass is 10.00. The molecule has 0 fully saturated rings. The van der Waals surface area contributed by atoms with Crippen molar-refractivity contribution in [2.24, 2.45) is 0 Å². The van der Waals surface area contributed by atoms with Gasteiger partial charge in [0.25, 0.3) is 0 Å². The zero-order valence-electron chi connectivity index (χ0n) is 13.1. The SMILES string of the molecule is CC1=C(CC(=O)O)c2cc(F)ccc2/C1=C/c1cccc(C)c1. The largest absolute Gasteiger partial charge is 0.481 e. The van der Waals surface area contributed by atoms with Gasteiger partial charge in [-0.15, -0.1) is 0 Å². The molecule has 0 atom stereocenters. The van der Waals surface area contributed by atoms with E-state index in [1.165, 1.54) is 12.1 Å². The Bertz CT molecular complexity index is 860. The lowest BCUT2D eigenvalue weighted by Crippen LogP contribution is -1.97. The van der Waals surface area contributed by atoms with Gasteiger partial charge in [0.1, 0.15) is 5.82 Å². The Kier molecular flexibility index (Phi) is 3.87. The normalized spacial score (nSPS) is 15.2. The third-order valence-electron chi connectivity index (χ3n) is 4.13. The second kappa shape index (κ2) is 5.84. The molecular formula is C20H17FO2. The molecule has 2 aromatic carbocycles. The summed E-state index contributed by atoms with van der Waals surface area (Å²) in [5, 5.41) is 9.15. The second-order valence-corrected chi connectivity index (χ2v) is 5.84. The highest BCUT2D eigenvalue weighted by molar-refractivity contribution is 6.07. The van der Waals surface area contributed by atoms with E-state index in [-0.39, 0.29) is 12.2 Å². The van der Waals surface area contributed by atoms with Crippen LogP contribution in [0.3, 0.4) is 0 Å². The Hall–Kier alpha value is -2.68. The Balaban J connectivity index is 2.17. The predicted octanol–water partition coefficient (Wildman–Crippen LogP) is 4.94. The first kappa shape index (κ1) is 15.2. The summed E-state index contributed by atoms with van der Waals surface area (Å²) in [6.07, 6.45) is 1.93. The molecule has 3 rings (SSSR count). The molecule has 1 aliphatic rings. The van der Waals surface area contributed by atoms with Crippen LogP contribution in [0.1, 0.15) is 35.6 Å². The Morgan fingerprint density at radius 3 is 2.61 bits per heavy atom. The molecule has 0 amide bonds. The summed E-state index contributed by atoms with van der Waals surface area (Å²) < 4.78 is 13.6. The molecule has 1 aliphatic carbocycles. The van der Waals surface area contributed by atoms with Crippen molar-refractivity contribution in [3.05, 3.63) is 76.1 Å². The van der Waals surface area contributed by atoms with E-state index in [0.717, 1.165) is 27.8 Å². The molecule has 2 nitrogen and oxygen atoms in total. The molecule has 0 aliphatic heterocycles. The van der Waals surface area contributed by atoms with E-state index in [1.807, 2.05) is 38.1 Å². The number of rotatable bonds is 3. The van der Waals surface area contributed by atoms with E-state index in [4.69, 9.17) is 5.11 Å². The van der Waals surface area contributed by atoms with Crippen LogP contribution in [-0.4, -0.2) is 11.1 Å². The summed E-state index contributed by atoms with van der Waals surface area (Å²) >= 11 is 0. The van der Waals surface area contributed by atoms with E-state index in [1.54, 1.807) is 6.07 Å². The molecule has 0 bridgehead atoms. The number of carboxylic acids is 1. The van der Waals surface area contributed by atoms with Gasteiger partial charge >= 0.3 is 5.97 Å². The van der Waals surface area contributed by atoms with Gasteiger partial charge in [0, 0.05) is 0 Å². The predicted molar refractivity (Wildman–Crippen MR) is 90.3 cm³/mol. The number of carbonyl (C=O) groups is 1. The first-order valence-corrected chi connectivity index (χ1v) is 7.46. The van der Waals surface area contributed by atoms with Crippen molar-refractivity contribution < 1.29 is 14.3 Å². The quantitative estimate of drug-likeness (QED) is 0.872. The van der Waals surface area contributed by atoms with E-state index >= 15 is 0 Å². The summed E-state index contributed by atoms with van der Waals surface area (Å²) in [6, 6.07) is 12.7. The zero-order chi connectivity index (χ0) is 16.6. The van der Waals surface area contributed by atoms with E-state index < -0.39 is 5.97 Å². The van der Waals surface area contributed by atoms with Crippen molar-refractivity contribution in [1.82, 2.24) is 0 Å². The number of hydrogen-bond acceptors (Lipinski definition) is 1. The fraction of sp³-hybridized carbons (Fsp3) is 0.150. The van der Waals surface area contributed by atoms with Crippen LogP contribution in [-0.2, 0) is 4.79 Å². The molecule has 0 saturated carbocycles. The van der Waals surface area contributed by atoms with E-state index in [2.05, 4.69) is 6.07 Å². The van der Waals surface area contributed by atoms with Crippen LogP contribution in [0.2, 0.25) is 0 Å². The molecule has 2 aromatic rings. The van der Waals surface area contributed by atoms with Crippen molar-refractivity contribution in [2.45, 2.75) is 20.3 Å². The fourth-order valence-corrected chi connectivity index (χ4v) is 3.06. The highest BCUT2D eigenvalue weighted by Crippen LogP contribution is 2.43. The highest BCUT2D eigenvalue weighted by atomic mass is 19.1. The molecule has 3 heteroatoms. The smallest absolute Gasteiger partial charge is 0.307 e. The van der Waals surface area contributed by atoms with Crippen molar-refractivity contribution in [1.29, 1.82) is 0 Å². The van der Waals surface area contributed by atoms with Gasteiger partial charge in [0.2, 0.25) is 0 Å². The molecule has 23 heavy (non-hydrogen) atoms. The molecule has 0 heterocycles. The van der Waals surface area contributed by atoms with Crippen molar-refractivity contribution in [3.8, 4) is 0 Å². The van der Waals surface area contributed by atoms with Crippen LogP contribution < -0.4 is 0 Å². The number of halogens is 1. The maximum atomic E-state index is 13.6. The molecule has 0 spiro atoms. The number of aliphatic carboxylic acids is 1. The van der Waals surface area contributed by atoms with Gasteiger partial charge < -0.3 is 5.11 Å². The number of allylic oxidation sites excluding steroid dienone is 2. The minimum Gasteiger partial charge on any atom is -0.481 e. The summed E-state index contributed by atoms with van der Waals surface area (Å²) in [6.45, 7) is 3.93. The number of carboxylic acid groups (broad SMARTS) is 1. The minimum atomic E-state index is -0.911. The average Bonchev–Trinajstić information content (AvgIpc) is 2.72. The maximum Gasteiger partial charge on any atom is 0.307 e. The molecule has 0 saturated heterocycles. The molecule has 1 N–H and O–H groups in total. The third-order valence-corrected chi connectivity index (χ3v) is 4.13. The van der Waals surface area contributed by atoms with Gasteiger partial charge in [-0.3, -0.25) is 4.79 Å². The van der Waals surface area contributed by atoms with E-state index in [0.29, 0.717) is 11.1 Å². The molecule has 0 aromatic heterocycles. The highest BCUT2D eigenvalue weighted by Gasteiger charge is 2.25. The summed E-state index contributed by atoms with van der Waals surface area (Å²) in [7, 11) is 0. The topological polar surface area (TPSA) is 37.3 Å². The summed E-state index contributed by atoms with van der Waals surface area (Å²) in [5.74, 6) is -1.26. The van der Waals surface area contributed by atoms with Gasteiger partial charge in [-0.2, -0.15) is 0 Å². The van der Waals surface area contributed by atoms with Crippen LogP contribution in [0.5, 0.6) is 0 Å². The van der Waals surface area contributed by atoms with Crippen LogP contribution >= 0.6 is 0 Å². The summed E-state index contributed by atoms with van der Waals surface area (Å²) in [5.41, 5.74) is 6.32. The Morgan fingerprint density at radius 1 is 1.13 bits per heavy atom. The van der Waals surface area contributed by atoms with Crippen LogP contribution in [0.15, 0.2) is 48.0 Å². The van der Waals surface area contributed by atoms with Crippen LogP contribution in [0.4, 0.5) is 4.39 Å². The van der Waals surface area contributed by atoms with Crippen molar-refractivity contribution >= 4 is 23.2 Å². The number of fused-ring (bicyclic) bond motifs is 1. The molecular weight excluding hydrogens is 291 g/mol. The van der Waals surface area contributed by atoms with E-state index in [9.17, 15) is 9.18 Å². The molecule has 116 valence electrons. The van der Waals surface area contributed by atoms with Gasteiger partial charge in [0.05, 0.1) is 6.42 Å². The van der Waals surface area contributed by atoms with Crippen molar-refractivity contribution in [3.63, 3.8) is 0 Å². The van der Waals surface area contributed by atoms with Gasteiger partial charge in [-0.25, -0.2) is 4.39 Å². The lowest BCUT2D eigenvalue weighted by molar-refractivity contribution is -0.135.